The van der Waals surface area contributed by atoms with Crippen LogP contribution in [-0.2, 0) is 6.42 Å². The summed E-state index contributed by atoms with van der Waals surface area (Å²) in [6.07, 6.45) is 0.765. The van der Waals surface area contributed by atoms with Gasteiger partial charge in [-0.1, -0.05) is 60.7 Å². The molecule has 1 nitrogen and oxygen atoms in total. The molecule has 77 valence electrons. The summed E-state index contributed by atoms with van der Waals surface area (Å²) in [7, 11) is 0. The third kappa shape index (κ3) is 5.66. The highest BCUT2D eigenvalue weighted by molar-refractivity contribution is 5.14. The van der Waals surface area contributed by atoms with E-state index in [2.05, 4.69) is 6.07 Å². The van der Waals surface area contributed by atoms with E-state index in [0.29, 0.717) is 0 Å². The first kappa shape index (κ1) is 11.5. The first-order valence-corrected chi connectivity index (χ1v) is 4.99. The SMILES string of the molecule is OCCc1ccccc1.[c]1ccccc1. The summed E-state index contributed by atoms with van der Waals surface area (Å²) in [5.41, 5.74) is 1.19. The molecule has 0 heterocycles. The summed E-state index contributed by atoms with van der Waals surface area (Å²) in [6.45, 7) is 0.240. The van der Waals surface area contributed by atoms with E-state index >= 15 is 0 Å². The van der Waals surface area contributed by atoms with E-state index in [0.717, 1.165) is 6.42 Å². The van der Waals surface area contributed by atoms with Gasteiger partial charge < -0.3 is 5.11 Å². The molecule has 2 aromatic rings. The van der Waals surface area contributed by atoms with E-state index in [9.17, 15) is 0 Å². The van der Waals surface area contributed by atoms with Crippen LogP contribution in [0.4, 0.5) is 0 Å². The number of hydrogen-bond donors (Lipinski definition) is 1. The Hall–Kier alpha value is -1.60. The average Bonchev–Trinajstić information content (AvgIpc) is 2.34. The van der Waals surface area contributed by atoms with Gasteiger partial charge in [-0.05, 0) is 18.1 Å². The molecule has 0 aromatic heterocycles. The quantitative estimate of drug-likeness (QED) is 0.788. The minimum absolute atomic E-state index is 0.240. The van der Waals surface area contributed by atoms with Crippen LogP contribution >= 0.6 is 0 Å². The fourth-order valence-corrected chi connectivity index (χ4v) is 1.12. The second-order valence-electron chi connectivity index (χ2n) is 3.04. The molecule has 0 bridgehead atoms. The van der Waals surface area contributed by atoms with Gasteiger partial charge in [-0.25, -0.2) is 0 Å². The lowest BCUT2D eigenvalue weighted by atomic mass is 10.2. The largest absolute Gasteiger partial charge is 0.396 e. The third-order valence-corrected chi connectivity index (χ3v) is 1.85. The minimum atomic E-state index is 0.240. The Morgan fingerprint density at radius 3 is 1.87 bits per heavy atom. The molecule has 0 aliphatic rings. The molecule has 0 amide bonds. The highest BCUT2D eigenvalue weighted by atomic mass is 16.2. The van der Waals surface area contributed by atoms with Crippen LogP contribution in [0.25, 0.3) is 0 Å². The summed E-state index contributed by atoms with van der Waals surface area (Å²) in [5, 5.41) is 8.52. The zero-order valence-electron chi connectivity index (χ0n) is 8.63. The lowest BCUT2D eigenvalue weighted by Crippen LogP contribution is -1.88. The van der Waals surface area contributed by atoms with Crippen LogP contribution in [0.5, 0.6) is 0 Å². The minimum Gasteiger partial charge on any atom is -0.396 e. The van der Waals surface area contributed by atoms with E-state index in [4.69, 9.17) is 5.11 Å². The fraction of sp³-hybridized carbons (Fsp3) is 0.143. The first-order valence-electron chi connectivity index (χ1n) is 4.99. The Labute approximate surface area is 91.0 Å². The van der Waals surface area contributed by atoms with Gasteiger partial charge in [0.1, 0.15) is 0 Å². The molecule has 2 aromatic carbocycles. The molecule has 0 saturated carbocycles. The Morgan fingerprint density at radius 1 is 0.867 bits per heavy atom. The van der Waals surface area contributed by atoms with Crippen LogP contribution in [0, 0.1) is 6.07 Å². The van der Waals surface area contributed by atoms with Gasteiger partial charge in [-0.3, -0.25) is 0 Å². The number of aliphatic hydroxyl groups is 1. The summed E-state index contributed by atoms with van der Waals surface area (Å²) >= 11 is 0. The zero-order valence-corrected chi connectivity index (χ0v) is 8.63. The van der Waals surface area contributed by atoms with Gasteiger partial charge in [0.2, 0.25) is 0 Å². The molecule has 0 atom stereocenters. The van der Waals surface area contributed by atoms with Crippen LogP contribution in [0.3, 0.4) is 0 Å². The normalized spacial score (nSPS) is 8.87. The summed E-state index contributed by atoms with van der Waals surface area (Å²) in [6, 6.07) is 22.4. The number of hydrogen-bond acceptors (Lipinski definition) is 1. The Kier molecular flexibility index (Phi) is 5.95. The van der Waals surface area contributed by atoms with Crippen molar-refractivity contribution in [3.63, 3.8) is 0 Å². The lowest BCUT2D eigenvalue weighted by molar-refractivity contribution is 0.299. The Balaban J connectivity index is 0.000000162. The number of aliphatic hydroxyl groups excluding tert-OH is 1. The fourth-order valence-electron chi connectivity index (χ4n) is 1.12. The van der Waals surface area contributed by atoms with E-state index in [-0.39, 0.29) is 6.61 Å². The second kappa shape index (κ2) is 7.77. The molecule has 0 aliphatic carbocycles. The topological polar surface area (TPSA) is 20.2 Å². The molecule has 0 saturated heterocycles. The molecule has 1 heteroatoms. The molecular formula is C14H15O. The van der Waals surface area contributed by atoms with Gasteiger partial charge >= 0.3 is 0 Å². The number of rotatable bonds is 2. The molecule has 0 unspecified atom stereocenters. The van der Waals surface area contributed by atoms with Crippen molar-refractivity contribution in [2.75, 3.05) is 6.61 Å². The van der Waals surface area contributed by atoms with Crippen molar-refractivity contribution in [3.05, 3.63) is 72.3 Å². The summed E-state index contributed by atoms with van der Waals surface area (Å²) in [5.74, 6) is 0. The number of benzene rings is 2. The van der Waals surface area contributed by atoms with Crippen LogP contribution < -0.4 is 0 Å². The van der Waals surface area contributed by atoms with Gasteiger partial charge in [-0.15, -0.1) is 0 Å². The highest BCUT2D eigenvalue weighted by Gasteiger charge is 1.85. The molecule has 2 rings (SSSR count). The molecule has 0 fully saturated rings. The van der Waals surface area contributed by atoms with Gasteiger partial charge in [0.05, 0.1) is 0 Å². The Bertz CT molecular complexity index is 302. The van der Waals surface area contributed by atoms with Gasteiger partial charge in [0.15, 0.2) is 0 Å². The maximum absolute atomic E-state index is 8.52. The van der Waals surface area contributed by atoms with E-state index in [1.807, 2.05) is 60.7 Å². The van der Waals surface area contributed by atoms with Crippen molar-refractivity contribution < 1.29 is 5.11 Å². The maximum atomic E-state index is 8.52. The third-order valence-electron chi connectivity index (χ3n) is 1.85. The highest BCUT2D eigenvalue weighted by Crippen LogP contribution is 1.97. The first-order chi connectivity index (χ1) is 7.43. The molecule has 0 aliphatic heterocycles. The zero-order chi connectivity index (χ0) is 10.8. The van der Waals surface area contributed by atoms with Crippen molar-refractivity contribution in [1.29, 1.82) is 0 Å². The molecule has 0 spiro atoms. The predicted octanol–water partition coefficient (Wildman–Crippen LogP) is 2.71. The standard InChI is InChI=1S/C8H10O.C6H5/c9-7-6-8-4-2-1-3-5-8;1-2-4-6-5-3-1/h1-5,9H,6-7H2;1-5H. The molecule has 15 heavy (non-hydrogen) atoms. The predicted molar refractivity (Wildman–Crippen MR) is 62.5 cm³/mol. The molecule has 1 N–H and O–H groups in total. The van der Waals surface area contributed by atoms with E-state index in [1.54, 1.807) is 0 Å². The van der Waals surface area contributed by atoms with Gasteiger partial charge in [0.25, 0.3) is 0 Å². The lowest BCUT2D eigenvalue weighted by Gasteiger charge is -1.93. The Morgan fingerprint density at radius 2 is 1.47 bits per heavy atom. The van der Waals surface area contributed by atoms with Crippen molar-refractivity contribution >= 4 is 0 Å². The molecule has 1 radical (unpaired) electrons. The second-order valence-corrected chi connectivity index (χ2v) is 3.04. The average molecular weight is 199 g/mol. The van der Waals surface area contributed by atoms with Crippen LogP contribution in [0.2, 0.25) is 0 Å². The smallest absolute Gasteiger partial charge is 0.0471 e. The van der Waals surface area contributed by atoms with E-state index in [1.165, 1.54) is 5.56 Å². The maximum Gasteiger partial charge on any atom is 0.0471 e. The monoisotopic (exact) mass is 199 g/mol. The molecular weight excluding hydrogens is 184 g/mol. The van der Waals surface area contributed by atoms with Crippen molar-refractivity contribution in [1.82, 2.24) is 0 Å². The van der Waals surface area contributed by atoms with E-state index < -0.39 is 0 Å². The van der Waals surface area contributed by atoms with Gasteiger partial charge in [0, 0.05) is 6.61 Å². The van der Waals surface area contributed by atoms with Crippen molar-refractivity contribution in [2.24, 2.45) is 0 Å². The van der Waals surface area contributed by atoms with Crippen molar-refractivity contribution in [3.8, 4) is 0 Å². The van der Waals surface area contributed by atoms with Crippen LogP contribution in [0.1, 0.15) is 5.56 Å². The van der Waals surface area contributed by atoms with Crippen molar-refractivity contribution in [2.45, 2.75) is 6.42 Å². The summed E-state index contributed by atoms with van der Waals surface area (Å²) in [4.78, 5) is 0. The van der Waals surface area contributed by atoms with Gasteiger partial charge in [-0.2, -0.15) is 0 Å². The van der Waals surface area contributed by atoms with Crippen LogP contribution in [0.15, 0.2) is 60.7 Å². The summed E-state index contributed by atoms with van der Waals surface area (Å²) < 4.78 is 0. The van der Waals surface area contributed by atoms with Crippen LogP contribution in [-0.4, -0.2) is 11.7 Å².